The van der Waals surface area contributed by atoms with Gasteiger partial charge in [-0.2, -0.15) is 0 Å². The molecule has 0 aliphatic rings. The van der Waals surface area contributed by atoms with E-state index >= 15 is 0 Å². The molecule has 1 N–H and O–H groups in total. The molecule has 0 spiro atoms. The first-order valence-corrected chi connectivity index (χ1v) is 11.8. The van der Waals surface area contributed by atoms with E-state index in [1.807, 2.05) is 67.6 Å². The third kappa shape index (κ3) is 4.50. The van der Waals surface area contributed by atoms with Crippen LogP contribution in [0.2, 0.25) is 0 Å². The molecule has 4 aromatic rings. The minimum atomic E-state index is -3.57. The first-order valence-electron chi connectivity index (χ1n) is 10.2. The molecular weight excluding hydrogens is 422 g/mol. The van der Waals surface area contributed by atoms with Crippen LogP contribution >= 0.6 is 0 Å². The van der Waals surface area contributed by atoms with Crippen molar-refractivity contribution in [2.75, 3.05) is 0 Å². The van der Waals surface area contributed by atoms with Gasteiger partial charge in [0, 0.05) is 0 Å². The Morgan fingerprint density at radius 1 is 0.781 bits per heavy atom. The second-order valence-electron chi connectivity index (χ2n) is 7.65. The predicted octanol–water partition coefficient (Wildman–Crippen LogP) is 4.95. The van der Waals surface area contributed by atoms with Crippen molar-refractivity contribution >= 4 is 15.7 Å². The number of hydrogen-bond acceptors (Lipinski definition) is 4. The average molecular weight is 446 g/mol. The molecule has 0 aliphatic heterocycles. The number of furan rings is 1. The number of rotatable bonds is 7. The predicted molar refractivity (Wildman–Crippen MR) is 123 cm³/mol. The van der Waals surface area contributed by atoms with Crippen molar-refractivity contribution in [1.29, 1.82) is 0 Å². The fourth-order valence-corrected chi connectivity index (χ4v) is 4.89. The van der Waals surface area contributed by atoms with E-state index in [0.717, 1.165) is 11.1 Å². The lowest BCUT2D eigenvalue weighted by Gasteiger charge is -2.32. The van der Waals surface area contributed by atoms with Gasteiger partial charge in [-0.1, -0.05) is 78.9 Å². The van der Waals surface area contributed by atoms with E-state index in [1.165, 1.54) is 24.3 Å². The van der Waals surface area contributed by atoms with Crippen LogP contribution in [0, 0.1) is 0 Å². The molecule has 0 bridgehead atoms. The third-order valence-electron chi connectivity index (χ3n) is 5.39. The van der Waals surface area contributed by atoms with E-state index in [2.05, 4.69) is 5.32 Å². The smallest absolute Gasteiger partial charge is 0.287 e. The maximum atomic E-state index is 13.1. The maximum Gasteiger partial charge on any atom is 0.287 e. The van der Waals surface area contributed by atoms with Gasteiger partial charge in [-0.05, 0) is 42.3 Å². The molecule has 0 unspecified atom stereocenters. The monoisotopic (exact) mass is 445 g/mol. The van der Waals surface area contributed by atoms with E-state index < -0.39 is 21.3 Å². The van der Waals surface area contributed by atoms with Gasteiger partial charge in [0.15, 0.2) is 15.6 Å². The minimum Gasteiger partial charge on any atom is -0.455 e. The molecule has 162 valence electrons. The Morgan fingerprint density at radius 3 is 1.81 bits per heavy atom. The fourth-order valence-electron chi connectivity index (χ4n) is 3.62. The summed E-state index contributed by atoms with van der Waals surface area (Å²) in [4.78, 5) is 13.3. The van der Waals surface area contributed by atoms with Gasteiger partial charge >= 0.3 is 0 Å². The van der Waals surface area contributed by atoms with Crippen LogP contribution in [0.25, 0.3) is 0 Å². The van der Waals surface area contributed by atoms with Crippen molar-refractivity contribution in [3.63, 3.8) is 0 Å². The summed E-state index contributed by atoms with van der Waals surface area (Å²) in [5, 5.41) is 3.07. The van der Waals surface area contributed by atoms with Gasteiger partial charge < -0.3 is 9.73 Å². The molecule has 0 radical (unpaired) electrons. The van der Waals surface area contributed by atoms with Gasteiger partial charge in [-0.25, -0.2) is 8.42 Å². The van der Waals surface area contributed by atoms with E-state index in [0.29, 0.717) is 0 Å². The highest BCUT2D eigenvalue weighted by Crippen LogP contribution is 2.30. The maximum absolute atomic E-state index is 13.1. The van der Waals surface area contributed by atoms with Gasteiger partial charge in [0.05, 0.1) is 10.4 Å². The van der Waals surface area contributed by atoms with E-state index in [1.54, 1.807) is 18.2 Å². The molecule has 3 aromatic carbocycles. The zero-order chi connectivity index (χ0) is 22.6. The molecule has 32 heavy (non-hydrogen) atoms. The van der Waals surface area contributed by atoms with Crippen LogP contribution in [-0.4, -0.2) is 14.3 Å². The van der Waals surface area contributed by atoms with Crippen molar-refractivity contribution < 1.29 is 17.6 Å². The van der Waals surface area contributed by atoms with Crippen LogP contribution in [0.4, 0.5) is 0 Å². The summed E-state index contributed by atoms with van der Waals surface area (Å²) in [6, 6.07) is 30.5. The van der Waals surface area contributed by atoms with Crippen molar-refractivity contribution in [2.45, 2.75) is 23.1 Å². The normalized spacial score (nSPS) is 11.8. The number of carbonyl (C=O) groups excluding carboxylic acids is 1. The molecule has 0 saturated carbocycles. The van der Waals surface area contributed by atoms with Gasteiger partial charge in [0.1, 0.15) is 11.5 Å². The Morgan fingerprint density at radius 2 is 1.28 bits per heavy atom. The number of amides is 1. The highest BCUT2D eigenvalue weighted by atomic mass is 32.2. The molecule has 0 aliphatic carbocycles. The van der Waals surface area contributed by atoms with Crippen LogP contribution in [0.1, 0.15) is 34.4 Å². The van der Waals surface area contributed by atoms with Crippen LogP contribution in [0.3, 0.4) is 0 Å². The quantitative estimate of drug-likeness (QED) is 0.437. The summed E-state index contributed by atoms with van der Waals surface area (Å²) in [5.41, 5.74) is 1.03. The third-order valence-corrected chi connectivity index (χ3v) is 7.04. The van der Waals surface area contributed by atoms with Crippen LogP contribution < -0.4 is 5.32 Å². The van der Waals surface area contributed by atoms with E-state index in [4.69, 9.17) is 4.42 Å². The highest BCUT2D eigenvalue weighted by molar-refractivity contribution is 7.90. The fraction of sp³-hybridized carbons (Fsp3) is 0.115. The summed E-state index contributed by atoms with van der Waals surface area (Å²) < 4.78 is 30.9. The lowest BCUT2D eigenvalue weighted by molar-refractivity contribution is 0.0889. The number of hydrogen-bond donors (Lipinski definition) is 1. The number of carbonyl (C=O) groups is 1. The summed E-state index contributed by atoms with van der Waals surface area (Å²) in [6.45, 7) is 1.93. The van der Waals surface area contributed by atoms with Crippen LogP contribution in [0.5, 0.6) is 0 Å². The van der Waals surface area contributed by atoms with Crippen molar-refractivity contribution in [3.05, 3.63) is 126 Å². The molecular formula is C26H23NO4S. The lowest BCUT2D eigenvalue weighted by Crippen LogP contribution is -2.44. The Kier molecular flexibility index (Phi) is 5.97. The second kappa shape index (κ2) is 8.85. The summed E-state index contributed by atoms with van der Waals surface area (Å²) in [5.74, 6) is -0.483. The Labute approximate surface area is 187 Å². The Hall–Kier alpha value is -3.64. The lowest BCUT2D eigenvalue weighted by atomic mass is 9.84. The molecule has 1 aromatic heterocycles. The van der Waals surface area contributed by atoms with Gasteiger partial charge in [-0.3, -0.25) is 4.79 Å². The first-order chi connectivity index (χ1) is 15.4. The molecule has 0 saturated heterocycles. The molecule has 5 nitrogen and oxygen atoms in total. The minimum absolute atomic E-state index is 0.0568. The molecule has 0 fully saturated rings. The number of nitrogens with one attached hydrogen (secondary N) is 1. The number of benzene rings is 3. The van der Waals surface area contributed by atoms with Crippen LogP contribution in [0.15, 0.2) is 112 Å². The summed E-state index contributed by atoms with van der Waals surface area (Å²) in [7, 11) is -3.57. The second-order valence-corrected chi connectivity index (χ2v) is 9.64. The first kappa shape index (κ1) is 21.6. The largest absolute Gasteiger partial charge is 0.455 e. The average Bonchev–Trinajstić information content (AvgIpc) is 3.29. The zero-order valence-corrected chi connectivity index (χ0v) is 18.4. The SMILES string of the molecule is CC(NC(=O)c1ccc(CS(=O)(=O)c2ccccc2)o1)(c1ccccc1)c1ccccc1. The Bertz CT molecular complexity index is 1260. The molecule has 6 heteroatoms. The zero-order valence-electron chi connectivity index (χ0n) is 17.6. The molecule has 1 amide bonds. The van der Waals surface area contributed by atoms with Gasteiger partial charge in [0.2, 0.25) is 0 Å². The summed E-state index contributed by atoms with van der Waals surface area (Å²) >= 11 is 0. The van der Waals surface area contributed by atoms with Gasteiger partial charge in [-0.15, -0.1) is 0 Å². The summed E-state index contributed by atoms with van der Waals surface area (Å²) in [6.07, 6.45) is 0. The van der Waals surface area contributed by atoms with Crippen molar-refractivity contribution in [2.24, 2.45) is 0 Å². The van der Waals surface area contributed by atoms with Gasteiger partial charge in [0.25, 0.3) is 5.91 Å². The van der Waals surface area contributed by atoms with E-state index in [-0.39, 0.29) is 22.2 Å². The molecule has 4 rings (SSSR count). The number of sulfone groups is 1. The van der Waals surface area contributed by atoms with E-state index in [9.17, 15) is 13.2 Å². The standard InChI is InChI=1S/C26H23NO4S/c1-26(20-11-5-2-6-12-20,21-13-7-3-8-14-21)27-25(28)24-18-17-22(31-24)19-32(29,30)23-15-9-4-10-16-23/h2-18H,19H2,1H3,(H,27,28). The Balaban J connectivity index is 1.59. The molecule has 1 heterocycles. The van der Waals surface area contributed by atoms with Crippen LogP contribution in [-0.2, 0) is 21.1 Å². The molecule has 0 atom stereocenters. The van der Waals surface area contributed by atoms with Crippen molar-refractivity contribution in [1.82, 2.24) is 5.32 Å². The topological polar surface area (TPSA) is 76.4 Å². The highest BCUT2D eigenvalue weighted by Gasteiger charge is 2.32. The van der Waals surface area contributed by atoms with Crippen molar-refractivity contribution in [3.8, 4) is 0 Å².